The van der Waals surface area contributed by atoms with Crippen LogP contribution in [-0.4, -0.2) is 167 Å². The number of amides is 7. The van der Waals surface area contributed by atoms with Crippen LogP contribution in [0.15, 0.2) is 30.3 Å². The van der Waals surface area contributed by atoms with Crippen LogP contribution < -0.4 is 10.6 Å². The van der Waals surface area contributed by atoms with E-state index < -0.39 is 131 Å². The highest BCUT2D eigenvalue weighted by molar-refractivity contribution is 5.97. The number of carbonyl (C=O) groups is 9. The molecule has 0 aromatic heterocycles. The van der Waals surface area contributed by atoms with Gasteiger partial charge in [-0.1, -0.05) is 98.1 Å². The van der Waals surface area contributed by atoms with Gasteiger partial charge in [-0.2, -0.15) is 0 Å². The molecule has 10 atom stereocenters. The molecule has 4 rings (SSSR count). The molecule has 1 aromatic rings. The summed E-state index contributed by atoms with van der Waals surface area (Å²) in [5.74, 6) is -6.84. The number of carbonyl (C=O) groups excluding carboxylic acids is 9. The molecule has 2 N–H and O–H groups in total. The molecule has 0 radical (unpaired) electrons. The summed E-state index contributed by atoms with van der Waals surface area (Å²) in [4.78, 5) is 137. The van der Waals surface area contributed by atoms with Gasteiger partial charge in [0.15, 0.2) is 6.10 Å². The molecule has 0 aliphatic carbocycles. The number of benzene rings is 1. The van der Waals surface area contributed by atoms with Crippen LogP contribution in [0.5, 0.6) is 0 Å². The second-order valence-corrected chi connectivity index (χ2v) is 21.6. The van der Waals surface area contributed by atoms with Gasteiger partial charge in [-0.05, 0) is 89.5 Å². The molecular weight excluding hydrogens is 923 g/mol. The third kappa shape index (κ3) is 13.7. The molecule has 3 aliphatic rings. The summed E-state index contributed by atoms with van der Waals surface area (Å²) in [6.45, 7) is 19.5. The summed E-state index contributed by atoms with van der Waals surface area (Å²) in [6, 6.07) is 1.40. The number of nitrogens with one attached hydrogen (secondary N) is 2. The Balaban J connectivity index is 1.82. The smallest absolute Gasteiger partial charge is 0.329 e. The van der Waals surface area contributed by atoms with Gasteiger partial charge in [-0.15, -0.1) is 0 Å². The van der Waals surface area contributed by atoms with Crippen molar-refractivity contribution in [1.82, 2.24) is 35.1 Å². The van der Waals surface area contributed by atoms with Crippen molar-refractivity contribution >= 4 is 53.3 Å². The van der Waals surface area contributed by atoms with Crippen molar-refractivity contribution in [2.45, 2.75) is 195 Å². The lowest BCUT2D eigenvalue weighted by Gasteiger charge is -2.38. The van der Waals surface area contributed by atoms with E-state index in [1.807, 2.05) is 26.8 Å². The van der Waals surface area contributed by atoms with Crippen molar-refractivity contribution in [2.75, 3.05) is 34.2 Å². The number of rotatable bonds is 10. The molecule has 0 bridgehead atoms. The van der Waals surface area contributed by atoms with Crippen molar-refractivity contribution in [3.8, 4) is 0 Å². The molecule has 18 heteroatoms. The van der Waals surface area contributed by atoms with Gasteiger partial charge in [0.05, 0.1) is 5.41 Å². The Labute approximate surface area is 428 Å². The molecule has 3 fully saturated rings. The zero-order chi connectivity index (χ0) is 53.9. The van der Waals surface area contributed by atoms with E-state index in [1.165, 1.54) is 59.5 Å². The maximum absolute atomic E-state index is 14.8. The highest BCUT2D eigenvalue weighted by Crippen LogP contribution is 2.32. The van der Waals surface area contributed by atoms with E-state index in [0.29, 0.717) is 50.5 Å². The second-order valence-electron chi connectivity index (χ2n) is 21.6. The van der Waals surface area contributed by atoms with Crippen molar-refractivity contribution in [2.24, 2.45) is 23.2 Å². The summed E-state index contributed by atoms with van der Waals surface area (Å²) < 4.78 is 12.4. The second kappa shape index (κ2) is 25.9. The first-order chi connectivity index (χ1) is 33.8. The number of hydrogen-bond donors (Lipinski definition) is 2. The standard InChI is InChI=1S/C54H85N7O11/c1-15-17-19-28-41-54(10,11)53(70)56-43(34(7)16-2)50(67)58(13)35(8)46(63)57(12)36(9)47(64)59(14)44(33(5)6)52(69)71-40(31-37-24-20-18-21-25-37)49(66)61-30-23-27-39(61)48(65)60-29-22-26-38(60)45(62)55-42(32(3)4)51(68)72-41/h18,20-21,24-25,32-36,38-44H,15-17,19,22-23,26-31H2,1-14H3,(H,55,62)(H,56,70)/t34-,35-,36-,38-,39-,40?,41+,42?,43?,44-/m0/s1. The quantitative estimate of drug-likeness (QED) is 0.246. The Morgan fingerprint density at radius 2 is 1.19 bits per heavy atom. The number of esters is 2. The van der Waals surface area contributed by atoms with Crippen molar-refractivity contribution in [3.05, 3.63) is 35.9 Å². The molecule has 3 heterocycles. The third-order valence-electron chi connectivity index (χ3n) is 15.4. The van der Waals surface area contributed by atoms with Crippen LogP contribution in [0.2, 0.25) is 0 Å². The lowest BCUT2D eigenvalue weighted by Crippen LogP contribution is -2.60. The monoisotopic (exact) mass is 1010 g/mol. The largest absolute Gasteiger partial charge is 0.460 e. The minimum absolute atomic E-state index is 0.0251. The zero-order valence-electron chi connectivity index (χ0n) is 45.5. The average Bonchev–Trinajstić information content (AvgIpc) is 4.06. The maximum Gasteiger partial charge on any atom is 0.329 e. The highest BCUT2D eigenvalue weighted by atomic mass is 16.6. The summed E-state index contributed by atoms with van der Waals surface area (Å²) >= 11 is 0. The van der Waals surface area contributed by atoms with Crippen LogP contribution in [-0.2, 0) is 59.0 Å². The van der Waals surface area contributed by atoms with Crippen LogP contribution in [0.4, 0.5) is 0 Å². The van der Waals surface area contributed by atoms with Crippen LogP contribution in [0, 0.1) is 23.2 Å². The van der Waals surface area contributed by atoms with Crippen LogP contribution in [0.25, 0.3) is 0 Å². The zero-order valence-corrected chi connectivity index (χ0v) is 45.5. The number of likely N-dealkylation sites (N-methyl/N-ethyl adjacent to an activating group) is 3. The van der Waals surface area contributed by atoms with Crippen molar-refractivity contribution in [1.29, 1.82) is 0 Å². The van der Waals surface area contributed by atoms with Gasteiger partial charge >= 0.3 is 11.9 Å². The minimum Gasteiger partial charge on any atom is -0.460 e. The van der Waals surface area contributed by atoms with E-state index in [0.717, 1.165) is 12.8 Å². The summed E-state index contributed by atoms with van der Waals surface area (Å²) in [5.41, 5.74) is -0.692. The van der Waals surface area contributed by atoms with Crippen molar-refractivity contribution < 1.29 is 52.6 Å². The minimum atomic E-state index is -1.39. The number of nitrogens with zero attached hydrogens (tertiary/aromatic N) is 5. The molecule has 3 aliphatic heterocycles. The Hall–Kier alpha value is -5.55. The van der Waals surface area contributed by atoms with E-state index in [2.05, 4.69) is 10.6 Å². The van der Waals surface area contributed by atoms with Gasteiger partial charge in [0, 0.05) is 40.7 Å². The molecule has 18 nitrogen and oxygen atoms in total. The normalized spacial score (nSPS) is 28.9. The summed E-state index contributed by atoms with van der Waals surface area (Å²) in [5, 5.41) is 5.84. The van der Waals surface area contributed by atoms with Crippen LogP contribution in [0.1, 0.15) is 140 Å². The van der Waals surface area contributed by atoms with Gasteiger partial charge in [0.1, 0.15) is 48.4 Å². The first kappa shape index (κ1) is 59.0. The number of cyclic esters (lactones) is 2. The van der Waals surface area contributed by atoms with E-state index in [1.54, 1.807) is 65.8 Å². The molecule has 7 amide bonds. The molecular formula is C54H85N7O11. The first-order valence-corrected chi connectivity index (χ1v) is 26.3. The first-order valence-electron chi connectivity index (χ1n) is 26.3. The average molecular weight is 1010 g/mol. The fourth-order valence-electron chi connectivity index (χ4n) is 9.98. The van der Waals surface area contributed by atoms with Gasteiger partial charge in [-0.3, -0.25) is 33.6 Å². The maximum atomic E-state index is 14.8. The molecule has 0 saturated carbocycles. The molecule has 1 aromatic carbocycles. The van der Waals surface area contributed by atoms with Crippen LogP contribution in [0.3, 0.4) is 0 Å². The Morgan fingerprint density at radius 1 is 0.639 bits per heavy atom. The van der Waals surface area contributed by atoms with Gasteiger partial charge in [0.25, 0.3) is 5.91 Å². The number of fused-ring (bicyclic) bond motifs is 2. The predicted octanol–water partition coefficient (Wildman–Crippen LogP) is 4.50. The fraction of sp³-hybridized carbons (Fsp3) is 0.722. The Morgan fingerprint density at radius 3 is 1.75 bits per heavy atom. The van der Waals surface area contributed by atoms with Gasteiger partial charge < -0.3 is 44.6 Å². The molecule has 402 valence electrons. The number of ether oxygens (including phenoxy) is 2. The number of unbranched alkanes of at least 4 members (excludes halogenated alkanes) is 2. The fourth-order valence-corrected chi connectivity index (χ4v) is 9.98. The summed E-state index contributed by atoms with van der Waals surface area (Å²) in [7, 11) is 4.34. The molecule has 3 unspecified atom stereocenters. The predicted molar refractivity (Wildman–Crippen MR) is 271 cm³/mol. The molecule has 3 saturated heterocycles. The highest BCUT2D eigenvalue weighted by Gasteiger charge is 2.48. The molecule has 0 spiro atoms. The SMILES string of the molecule is CCCCC[C@H]1OC(=O)C(C(C)C)NC(=O)[C@@H]2CCCN2C(=O)[C@@H]2CCCN2C(=O)C(Cc2ccccc2)OC(=O)[C@H](C(C)C)N(C)C(=O)[C@H](C)N(C)C(=O)[C@H](C)N(C)C(=O)C([C@@H](C)CC)NC(=O)C1(C)C. The summed E-state index contributed by atoms with van der Waals surface area (Å²) in [6.07, 6.45) is 2.27. The van der Waals surface area contributed by atoms with E-state index in [4.69, 9.17) is 9.47 Å². The third-order valence-corrected chi connectivity index (χ3v) is 15.4. The van der Waals surface area contributed by atoms with E-state index in [-0.39, 0.29) is 19.5 Å². The van der Waals surface area contributed by atoms with E-state index >= 15 is 0 Å². The van der Waals surface area contributed by atoms with Gasteiger partial charge in [-0.25, -0.2) is 9.59 Å². The Kier molecular flexibility index (Phi) is 21.2. The van der Waals surface area contributed by atoms with Crippen molar-refractivity contribution in [3.63, 3.8) is 0 Å². The van der Waals surface area contributed by atoms with Crippen LogP contribution >= 0.6 is 0 Å². The van der Waals surface area contributed by atoms with Gasteiger partial charge in [0.2, 0.25) is 35.4 Å². The topological polar surface area (TPSA) is 212 Å². The molecule has 72 heavy (non-hydrogen) atoms. The van der Waals surface area contributed by atoms with E-state index in [9.17, 15) is 43.2 Å². The Bertz CT molecular complexity index is 2100. The lowest BCUT2D eigenvalue weighted by molar-refractivity contribution is -0.169. The number of hydrogen-bond acceptors (Lipinski definition) is 11. The lowest BCUT2D eigenvalue weighted by atomic mass is 9.81.